The van der Waals surface area contributed by atoms with E-state index in [0.717, 1.165) is 23.6 Å². The van der Waals surface area contributed by atoms with Gasteiger partial charge in [0.15, 0.2) is 11.4 Å². The van der Waals surface area contributed by atoms with Crippen LogP contribution in [0.5, 0.6) is 0 Å². The molecule has 0 amide bonds. The number of oxazole rings is 1. The number of benzene rings is 1. The predicted molar refractivity (Wildman–Crippen MR) is 102 cm³/mol. The molecule has 0 aliphatic heterocycles. The van der Waals surface area contributed by atoms with Crippen LogP contribution < -0.4 is 0 Å². The van der Waals surface area contributed by atoms with Gasteiger partial charge >= 0.3 is 0 Å². The third-order valence-corrected chi connectivity index (χ3v) is 6.72. The Kier molecular flexibility index (Phi) is 5.87. The van der Waals surface area contributed by atoms with Gasteiger partial charge in [-0.05, 0) is 31.5 Å². The lowest BCUT2D eigenvalue weighted by atomic mass is 10.2. The molecule has 1 atom stereocenters. The summed E-state index contributed by atoms with van der Waals surface area (Å²) in [6, 6.07) is 4.64. The third-order valence-electron chi connectivity index (χ3n) is 3.98. The topological polar surface area (TPSA) is 102 Å². The highest BCUT2D eigenvalue weighted by atomic mass is 32.2. The summed E-state index contributed by atoms with van der Waals surface area (Å²) < 4.78 is 36.7. The Morgan fingerprint density at radius 1 is 1.26 bits per heavy atom. The summed E-state index contributed by atoms with van der Waals surface area (Å²) in [5, 5.41) is 4.28. The van der Waals surface area contributed by atoms with Crippen molar-refractivity contribution in [2.45, 2.75) is 48.5 Å². The number of aryl methyl sites for hydroxylation is 1. The number of hydrogen-bond donors (Lipinski definition) is 0. The number of fused-ring (bicyclic) bond motifs is 1. The minimum atomic E-state index is -3.52. The Morgan fingerprint density at radius 3 is 2.74 bits per heavy atom. The molecule has 3 rings (SSSR count). The van der Waals surface area contributed by atoms with E-state index in [0.29, 0.717) is 28.0 Å². The van der Waals surface area contributed by atoms with Crippen LogP contribution in [0.25, 0.3) is 11.1 Å². The fourth-order valence-corrected chi connectivity index (χ4v) is 4.09. The Balaban J connectivity index is 1.78. The van der Waals surface area contributed by atoms with Crippen LogP contribution in [0.15, 0.2) is 37.3 Å². The summed E-state index contributed by atoms with van der Waals surface area (Å²) in [7, 11) is -0.537. The van der Waals surface area contributed by atoms with E-state index in [1.807, 2.05) is 6.92 Å². The number of sulfonamides is 1. The molecule has 10 heteroatoms. The van der Waals surface area contributed by atoms with Crippen LogP contribution >= 0.6 is 11.8 Å². The molecule has 0 radical (unpaired) electrons. The summed E-state index contributed by atoms with van der Waals surface area (Å²) in [5.74, 6) is 1.22. The normalized spacial score (nSPS) is 13.5. The van der Waals surface area contributed by atoms with Crippen LogP contribution in [0, 0.1) is 0 Å². The molecule has 146 valence electrons. The van der Waals surface area contributed by atoms with Crippen molar-refractivity contribution in [1.29, 1.82) is 0 Å². The highest BCUT2D eigenvalue weighted by Gasteiger charge is 2.21. The van der Waals surface area contributed by atoms with E-state index < -0.39 is 10.0 Å². The summed E-state index contributed by atoms with van der Waals surface area (Å²) in [6.07, 6.45) is 2.88. The fourth-order valence-electron chi connectivity index (χ4n) is 2.38. The van der Waals surface area contributed by atoms with Crippen LogP contribution in [-0.2, 0) is 16.4 Å². The minimum Gasteiger partial charge on any atom is -0.431 e. The molecule has 3 aromatic rings. The quantitative estimate of drug-likeness (QED) is 0.518. The Bertz CT molecular complexity index is 1030. The van der Waals surface area contributed by atoms with Gasteiger partial charge in [-0.25, -0.2) is 17.7 Å². The van der Waals surface area contributed by atoms with E-state index in [2.05, 4.69) is 22.0 Å². The van der Waals surface area contributed by atoms with Crippen LogP contribution in [0.2, 0.25) is 0 Å². The largest absolute Gasteiger partial charge is 0.431 e. The molecule has 0 aliphatic carbocycles. The van der Waals surface area contributed by atoms with Crippen molar-refractivity contribution >= 4 is 32.9 Å². The van der Waals surface area contributed by atoms with Crippen LogP contribution in [-0.4, -0.2) is 41.9 Å². The maximum absolute atomic E-state index is 12.3. The van der Waals surface area contributed by atoms with Gasteiger partial charge in [-0.1, -0.05) is 30.3 Å². The lowest BCUT2D eigenvalue weighted by Gasteiger charge is -2.10. The van der Waals surface area contributed by atoms with Crippen molar-refractivity contribution in [3.8, 4) is 0 Å². The first kappa shape index (κ1) is 19.8. The van der Waals surface area contributed by atoms with E-state index in [9.17, 15) is 8.42 Å². The molecule has 0 spiro atoms. The molecule has 27 heavy (non-hydrogen) atoms. The van der Waals surface area contributed by atoms with Gasteiger partial charge < -0.3 is 8.94 Å². The number of rotatable bonds is 8. The van der Waals surface area contributed by atoms with E-state index in [-0.39, 0.29) is 10.1 Å². The van der Waals surface area contributed by atoms with Gasteiger partial charge in [-0.2, -0.15) is 4.98 Å². The summed E-state index contributed by atoms with van der Waals surface area (Å²) >= 11 is 1.35. The first-order valence-corrected chi connectivity index (χ1v) is 11.0. The highest BCUT2D eigenvalue weighted by molar-refractivity contribution is 7.99. The molecule has 0 saturated heterocycles. The van der Waals surface area contributed by atoms with Gasteiger partial charge in [-0.15, -0.1) is 0 Å². The molecular formula is C17H22N4O4S2. The van der Waals surface area contributed by atoms with Gasteiger partial charge in [-0.3, -0.25) is 0 Å². The van der Waals surface area contributed by atoms with Crippen LogP contribution in [0.4, 0.5) is 0 Å². The first-order valence-electron chi connectivity index (χ1n) is 8.63. The van der Waals surface area contributed by atoms with Crippen LogP contribution in [0.1, 0.15) is 43.7 Å². The van der Waals surface area contributed by atoms with E-state index in [4.69, 9.17) is 8.94 Å². The summed E-state index contributed by atoms with van der Waals surface area (Å²) in [6.45, 7) is 4.04. The lowest BCUT2D eigenvalue weighted by molar-refractivity contribution is 0.373. The molecule has 8 nitrogen and oxygen atoms in total. The molecule has 0 unspecified atom stereocenters. The number of aromatic nitrogens is 3. The second-order valence-electron chi connectivity index (χ2n) is 6.31. The average molecular weight is 411 g/mol. The van der Waals surface area contributed by atoms with Gasteiger partial charge in [0, 0.05) is 20.5 Å². The van der Waals surface area contributed by atoms with Gasteiger partial charge in [0.25, 0.3) is 5.22 Å². The Hall–Kier alpha value is -1.91. The van der Waals surface area contributed by atoms with Crippen molar-refractivity contribution in [1.82, 2.24) is 19.4 Å². The van der Waals surface area contributed by atoms with Crippen LogP contribution in [0.3, 0.4) is 0 Å². The van der Waals surface area contributed by atoms with Gasteiger partial charge in [0.1, 0.15) is 5.52 Å². The fraction of sp³-hybridized carbons (Fsp3) is 0.471. The monoisotopic (exact) mass is 410 g/mol. The molecule has 0 bridgehead atoms. The maximum atomic E-state index is 12.3. The zero-order chi connectivity index (χ0) is 19.6. The molecule has 2 aromatic heterocycles. The molecule has 0 aliphatic rings. The van der Waals surface area contributed by atoms with E-state index in [1.165, 1.54) is 38.0 Å². The number of thioether (sulfide) groups is 1. The Labute approximate surface area is 162 Å². The van der Waals surface area contributed by atoms with E-state index in [1.54, 1.807) is 6.07 Å². The van der Waals surface area contributed by atoms with Crippen molar-refractivity contribution in [3.05, 3.63) is 29.9 Å². The van der Waals surface area contributed by atoms with Gasteiger partial charge in [0.05, 0.1) is 10.1 Å². The lowest BCUT2D eigenvalue weighted by Crippen LogP contribution is -2.22. The highest BCUT2D eigenvalue weighted by Crippen LogP contribution is 2.35. The zero-order valence-electron chi connectivity index (χ0n) is 15.7. The van der Waals surface area contributed by atoms with Crippen molar-refractivity contribution in [2.75, 3.05) is 14.1 Å². The molecule has 0 saturated carbocycles. The minimum absolute atomic E-state index is 0.133. The molecule has 1 aromatic carbocycles. The summed E-state index contributed by atoms with van der Waals surface area (Å²) in [5.41, 5.74) is 1.01. The molecular weight excluding hydrogens is 388 g/mol. The zero-order valence-corrected chi connectivity index (χ0v) is 17.3. The molecule has 0 fully saturated rings. The van der Waals surface area contributed by atoms with Crippen molar-refractivity contribution < 1.29 is 17.4 Å². The van der Waals surface area contributed by atoms with Crippen molar-refractivity contribution in [2.24, 2.45) is 0 Å². The second kappa shape index (κ2) is 7.99. The smallest absolute Gasteiger partial charge is 0.257 e. The first-order chi connectivity index (χ1) is 12.8. The maximum Gasteiger partial charge on any atom is 0.257 e. The molecule has 0 N–H and O–H groups in total. The second-order valence-corrected chi connectivity index (χ2v) is 9.75. The number of nitrogens with zero attached hydrogens (tertiary/aromatic N) is 4. The average Bonchev–Trinajstić information content (AvgIpc) is 3.25. The predicted octanol–water partition coefficient (Wildman–Crippen LogP) is 3.66. The number of hydrogen-bond acceptors (Lipinski definition) is 8. The molecule has 2 heterocycles. The SMILES string of the molecule is CCCCc1noc([C@H](C)Sc2nc3cc(S(=O)(=O)N(C)C)ccc3o2)n1. The van der Waals surface area contributed by atoms with Crippen molar-refractivity contribution in [3.63, 3.8) is 0 Å². The Morgan fingerprint density at radius 2 is 2.04 bits per heavy atom. The third kappa shape index (κ3) is 4.33. The van der Waals surface area contributed by atoms with Gasteiger partial charge in [0.2, 0.25) is 15.9 Å². The number of unbranched alkanes of at least 4 members (excludes halogenated alkanes) is 1. The summed E-state index contributed by atoms with van der Waals surface area (Å²) in [4.78, 5) is 8.98. The van der Waals surface area contributed by atoms with E-state index >= 15 is 0 Å². The standard InChI is InChI=1S/C17H22N4O4S2/c1-5-6-7-15-19-16(25-20-15)11(2)26-17-18-13-10-12(8-9-14(13)24-17)27(22,23)21(3)4/h8-11H,5-7H2,1-4H3/t11-/m0/s1.